The highest BCUT2D eigenvalue weighted by atomic mass is 32.2. The van der Waals surface area contributed by atoms with E-state index in [-0.39, 0.29) is 18.3 Å². The number of thioether (sulfide) groups is 1. The minimum atomic E-state index is -0.239. The van der Waals surface area contributed by atoms with Crippen LogP contribution in [0.3, 0.4) is 0 Å². The average molecular weight is 369 g/mol. The monoisotopic (exact) mass is 369 g/mol. The van der Waals surface area contributed by atoms with Crippen LogP contribution in [0.25, 0.3) is 0 Å². The summed E-state index contributed by atoms with van der Waals surface area (Å²) in [5.41, 5.74) is 1.32. The Labute approximate surface area is 157 Å². The quantitative estimate of drug-likeness (QED) is 0.714. The lowest BCUT2D eigenvalue weighted by molar-refractivity contribution is -0.117. The number of hydrogen-bond acceptors (Lipinski definition) is 4. The molecule has 26 heavy (non-hydrogen) atoms. The van der Waals surface area contributed by atoms with Gasteiger partial charge in [0.25, 0.3) is 0 Å². The summed E-state index contributed by atoms with van der Waals surface area (Å²) < 4.78 is 13.9. The zero-order valence-electron chi connectivity index (χ0n) is 14.3. The van der Waals surface area contributed by atoms with E-state index in [9.17, 15) is 9.18 Å². The van der Waals surface area contributed by atoms with E-state index in [4.69, 9.17) is 5.26 Å². The van der Waals surface area contributed by atoms with Crippen LogP contribution in [0.15, 0.2) is 53.4 Å². The Bertz CT molecular complexity index is 817. The molecule has 0 bridgehead atoms. The van der Waals surface area contributed by atoms with E-state index >= 15 is 0 Å². The van der Waals surface area contributed by atoms with Crippen molar-refractivity contribution < 1.29 is 9.18 Å². The van der Waals surface area contributed by atoms with Crippen LogP contribution in [0.2, 0.25) is 0 Å². The number of carbonyl (C=O) groups excluding carboxylic acids is 1. The van der Waals surface area contributed by atoms with Crippen LogP contribution >= 0.6 is 11.8 Å². The van der Waals surface area contributed by atoms with Gasteiger partial charge in [-0.15, -0.1) is 11.8 Å². The van der Waals surface area contributed by atoms with Crippen molar-refractivity contribution in [2.24, 2.45) is 0 Å². The van der Waals surface area contributed by atoms with Crippen molar-refractivity contribution in [3.8, 4) is 6.07 Å². The number of benzene rings is 2. The van der Waals surface area contributed by atoms with Gasteiger partial charge in [0, 0.05) is 23.0 Å². The second kappa shape index (κ2) is 8.84. The van der Waals surface area contributed by atoms with E-state index in [1.54, 1.807) is 12.1 Å². The van der Waals surface area contributed by atoms with Crippen molar-refractivity contribution in [1.82, 2.24) is 4.90 Å². The number of para-hydroxylation sites is 1. The largest absolute Gasteiger partial charge is 0.324 e. The zero-order chi connectivity index (χ0) is 18.4. The van der Waals surface area contributed by atoms with E-state index in [2.05, 4.69) is 11.4 Å². The number of nitrogens with one attached hydrogen (secondary N) is 1. The van der Waals surface area contributed by atoms with E-state index in [1.165, 1.54) is 17.8 Å². The molecule has 6 heteroatoms. The SMILES string of the molecule is N#CCSc1ccccc1NC(=O)CN(Cc1ccccc1F)C1CC1. The number of hydrogen-bond donors (Lipinski definition) is 1. The van der Waals surface area contributed by atoms with Crippen LogP contribution in [-0.2, 0) is 11.3 Å². The first-order valence-corrected chi connectivity index (χ1v) is 9.52. The molecule has 1 aliphatic rings. The number of carbonyl (C=O) groups is 1. The molecular weight excluding hydrogens is 349 g/mol. The van der Waals surface area contributed by atoms with Crippen LogP contribution in [0.1, 0.15) is 18.4 Å². The standard InChI is InChI=1S/C20H20FN3OS/c21-17-6-2-1-5-15(17)13-24(16-9-10-16)14-20(25)23-18-7-3-4-8-19(18)26-12-11-22/h1-8,16H,9-10,12-14H2,(H,23,25). The van der Waals surface area contributed by atoms with Gasteiger partial charge in [-0.25, -0.2) is 4.39 Å². The first kappa shape index (κ1) is 18.4. The molecule has 0 unspecified atom stereocenters. The number of rotatable bonds is 8. The smallest absolute Gasteiger partial charge is 0.238 e. The minimum absolute atomic E-state index is 0.127. The molecule has 0 saturated heterocycles. The summed E-state index contributed by atoms with van der Waals surface area (Å²) >= 11 is 1.39. The van der Waals surface area contributed by atoms with Crippen LogP contribution in [0.4, 0.5) is 10.1 Å². The van der Waals surface area contributed by atoms with Gasteiger partial charge in [0.2, 0.25) is 5.91 Å². The second-order valence-corrected chi connectivity index (χ2v) is 7.24. The molecule has 0 spiro atoms. The predicted molar refractivity (Wildman–Crippen MR) is 101 cm³/mol. The lowest BCUT2D eigenvalue weighted by Gasteiger charge is -2.22. The van der Waals surface area contributed by atoms with E-state index in [1.807, 2.05) is 35.2 Å². The first-order valence-electron chi connectivity index (χ1n) is 8.53. The summed E-state index contributed by atoms with van der Waals surface area (Å²) in [5, 5.41) is 11.7. The van der Waals surface area contributed by atoms with Crippen molar-refractivity contribution >= 4 is 23.4 Å². The summed E-state index contributed by atoms with van der Waals surface area (Å²) in [6.45, 7) is 0.645. The highest BCUT2D eigenvalue weighted by Gasteiger charge is 2.30. The maximum absolute atomic E-state index is 13.9. The van der Waals surface area contributed by atoms with Crippen LogP contribution < -0.4 is 5.32 Å². The van der Waals surface area contributed by atoms with Gasteiger partial charge >= 0.3 is 0 Å². The fourth-order valence-electron chi connectivity index (χ4n) is 2.78. The van der Waals surface area contributed by atoms with Gasteiger partial charge in [0.15, 0.2) is 0 Å². The molecule has 1 fully saturated rings. The summed E-state index contributed by atoms with van der Waals surface area (Å²) in [7, 11) is 0. The fraction of sp³-hybridized carbons (Fsp3) is 0.300. The maximum Gasteiger partial charge on any atom is 0.238 e. The Kier molecular flexibility index (Phi) is 6.26. The first-order chi connectivity index (χ1) is 12.7. The molecule has 1 amide bonds. The molecule has 2 aromatic carbocycles. The highest BCUT2D eigenvalue weighted by molar-refractivity contribution is 7.99. The molecule has 3 rings (SSSR count). The molecule has 0 aliphatic heterocycles. The molecule has 2 aromatic rings. The number of nitriles is 1. The van der Waals surface area contributed by atoms with E-state index in [0.29, 0.717) is 29.6 Å². The molecule has 1 aliphatic carbocycles. The predicted octanol–water partition coefficient (Wildman–Crippen LogP) is 4.04. The molecule has 1 N–H and O–H groups in total. The summed E-state index contributed by atoms with van der Waals surface area (Å²) in [6, 6.07) is 16.6. The van der Waals surface area contributed by atoms with Gasteiger partial charge < -0.3 is 5.32 Å². The third-order valence-corrected chi connectivity index (χ3v) is 5.14. The van der Waals surface area contributed by atoms with E-state index in [0.717, 1.165) is 17.7 Å². The van der Waals surface area contributed by atoms with Gasteiger partial charge in [-0.3, -0.25) is 9.69 Å². The average Bonchev–Trinajstić information content (AvgIpc) is 3.47. The Hall–Kier alpha value is -2.36. The Morgan fingerprint density at radius 2 is 1.96 bits per heavy atom. The van der Waals surface area contributed by atoms with Gasteiger partial charge in [-0.05, 0) is 31.0 Å². The van der Waals surface area contributed by atoms with Gasteiger partial charge in [-0.1, -0.05) is 30.3 Å². The van der Waals surface area contributed by atoms with Gasteiger partial charge in [0.1, 0.15) is 5.82 Å². The third-order valence-electron chi connectivity index (χ3n) is 4.19. The lowest BCUT2D eigenvalue weighted by Crippen LogP contribution is -2.34. The van der Waals surface area contributed by atoms with Crippen molar-refractivity contribution in [2.45, 2.75) is 30.3 Å². The van der Waals surface area contributed by atoms with Crippen molar-refractivity contribution in [1.29, 1.82) is 5.26 Å². The minimum Gasteiger partial charge on any atom is -0.324 e. The summed E-state index contributed by atoms with van der Waals surface area (Å²) in [4.78, 5) is 15.4. The Balaban J connectivity index is 1.64. The maximum atomic E-state index is 13.9. The number of anilines is 1. The van der Waals surface area contributed by atoms with Crippen LogP contribution in [0, 0.1) is 17.1 Å². The van der Waals surface area contributed by atoms with E-state index < -0.39 is 0 Å². The summed E-state index contributed by atoms with van der Waals surface area (Å²) in [5.74, 6) is -0.0379. The van der Waals surface area contributed by atoms with Crippen molar-refractivity contribution in [3.63, 3.8) is 0 Å². The molecule has 134 valence electrons. The highest BCUT2D eigenvalue weighted by Crippen LogP contribution is 2.29. The molecule has 0 radical (unpaired) electrons. The molecule has 4 nitrogen and oxygen atoms in total. The third kappa shape index (κ3) is 5.07. The normalized spacial score (nSPS) is 13.4. The van der Waals surface area contributed by atoms with Crippen LogP contribution in [-0.4, -0.2) is 29.1 Å². The fourth-order valence-corrected chi connectivity index (χ4v) is 3.45. The Morgan fingerprint density at radius 1 is 1.23 bits per heavy atom. The summed E-state index contributed by atoms with van der Waals surface area (Å²) in [6.07, 6.45) is 2.08. The van der Waals surface area contributed by atoms with Crippen molar-refractivity contribution in [2.75, 3.05) is 17.6 Å². The van der Waals surface area contributed by atoms with Gasteiger partial charge in [0.05, 0.1) is 24.1 Å². The number of amides is 1. The molecule has 1 saturated carbocycles. The molecule has 0 atom stereocenters. The topological polar surface area (TPSA) is 56.1 Å². The lowest BCUT2D eigenvalue weighted by atomic mass is 10.2. The van der Waals surface area contributed by atoms with Crippen LogP contribution in [0.5, 0.6) is 0 Å². The van der Waals surface area contributed by atoms with Gasteiger partial charge in [-0.2, -0.15) is 5.26 Å². The molecule has 0 aromatic heterocycles. The second-order valence-electron chi connectivity index (χ2n) is 6.22. The van der Waals surface area contributed by atoms with Crippen molar-refractivity contribution in [3.05, 3.63) is 59.9 Å². The molecule has 0 heterocycles. The molecular formula is C20H20FN3OS. The number of nitrogens with zero attached hydrogens (tertiary/aromatic N) is 2. The Morgan fingerprint density at radius 3 is 2.69 bits per heavy atom. The zero-order valence-corrected chi connectivity index (χ0v) is 15.1. The number of halogens is 1.